The molecule has 1 aliphatic heterocycles. The molecule has 0 aromatic heterocycles. The Bertz CT molecular complexity index is 470. The first-order valence-corrected chi connectivity index (χ1v) is 8.28. The minimum atomic E-state index is -0.733. The maximum absolute atomic E-state index is 11.1. The second-order valence-corrected chi connectivity index (χ2v) is 6.48. The third kappa shape index (κ3) is 4.05. The maximum atomic E-state index is 11.1. The Hall–Kier alpha value is -0.910. The fourth-order valence-electron chi connectivity index (χ4n) is 2.98. The van der Waals surface area contributed by atoms with Crippen LogP contribution >= 0.6 is 15.9 Å². The molecule has 2 rings (SSSR count). The molecule has 0 bridgehead atoms. The second-order valence-electron chi connectivity index (χ2n) is 5.56. The van der Waals surface area contributed by atoms with E-state index in [0.717, 1.165) is 37.1 Å². The predicted molar refractivity (Wildman–Crippen MR) is 87.4 cm³/mol. The van der Waals surface area contributed by atoms with E-state index >= 15 is 0 Å². The molecule has 1 aliphatic rings. The van der Waals surface area contributed by atoms with Crippen LogP contribution in [-0.4, -0.2) is 53.1 Å². The van der Waals surface area contributed by atoms with Crippen molar-refractivity contribution in [1.29, 1.82) is 0 Å². The number of hydrogen-bond acceptors (Lipinski definition) is 3. The monoisotopic (exact) mass is 354 g/mol. The Morgan fingerprint density at radius 1 is 1.19 bits per heavy atom. The molecule has 0 amide bonds. The summed E-state index contributed by atoms with van der Waals surface area (Å²) in [6, 6.07) is 8.54. The number of hydrogen-bond donors (Lipinski definition) is 1. The van der Waals surface area contributed by atoms with E-state index in [9.17, 15) is 4.79 Å². The highest BCUT2D eigenvalue weighted by Crippen LogP contribution is 2.26. The third-order valence-corrected chi connectivity index (χ3v) is 4.86. The van der Waals surface area contributed by atoms with Gasteiger partial charge in [0.1, 0.15) is 6.04 Å². The van der Waals surface area contributed by atoms with Gasteiger partial charge in [-0.3, -0.25) is 14.6 Å². The van der Waals surface area contributed by atoms with Crippen molar-refractivity contribution >= 4 is 21.9 Å². The van der Waals surface area contributed by atoms with Crippen LogP contribution in [-0.2, 0) is 4.79 Å². The largest absolute Gasteiger partial charge is 0.480 e. The fraction of sp³-hybridized carbons (Fsp3) is 0.562. The summed E-state index contributed by atoms with van der Waals surface area (Å²) in [6.07, 6.45) is 1.07. The molecule has 4 nitrogen and oxygen atoms in total. The average molecular weight is 355 g/mol. The summed E-state index contributed by atoms with van der Waals surface area (Å²) < 4.78 is 1.10. The molecule has 2 atom stereocenters. The van der Waals surface area contributed by atoms with Gasteiger partial charge in [0.2, 0.25) is 0 Å². The lowest BCUT2D eigenvalue weighted by Crippen LogP contribution is -2.52. The molecule has 2 unspecified atom stereocenters. The molecular weight excluding hydrogens is 332 g/mol. The summed E-state index contributed by atoms with van der Waals surface area (Å²) in [5.41, 5.74) is 1.33. The highest BCUT2D eigenvalue weighted by atomic mass is 79.9. The van der Waals surface area contributed by atoms with Crippen LogP contribution in [0.15, 0.2) is 28.7 Å². The Balaban J connectivity index is 1.99. The molecule has 0 aliphatic carbocycles. The highest BCUT2D eigenvalue weighted by Gasteiger charge is 2.28. The normalized spacial score (nSPS) is 20.1. The van der Waals surface area contributed by atoms with E-state index < -0.39 is 5.97 Å². The number of carboxylic acid groups (broad SMARTS) is 1. The van der Waals surface area contributed by atoms with E-state index in [1.54, 1.807) is 6.92 Å². The number of carbonyl (C=O) groups is 1. The van der Waals surface area contributed by atoms with E-state index in [1.807, 2.05) is 4.90 Å². The zero-order chi connectivity index (χ0) is 15.4. The number of rotatable bonds is 5. The third-order valence-electron chi connectivity index (χ3n) is 4.34. The summed E-state index contributed by atoms with van der Waals surface area (Å²) in [5.74, 6) is -0.733. The molecule has 1 fully saturated rings. The van der Waals surface area contributed by atoms with Gasteiger partial charge in [-0.2, -0.15) is 0 Å². The van der Waals surface area contributed by atoms with Crippen molar-refractivity contribution in [3.05, 3.63) is 34.3 Å². The van der Waals surface area contributed by atoms with Crippen LogP contribution in [0.5, 0.6) is 0 Å². The van der Waals surface area contributed by atoms with Crippen LogP contribution < -0.4 is 0 Å². The van der Waals surface area contributed by atoms with Crippen molar-refractivity contribution in [3.63, 3.8) is 0 Å². The van der Waals surface area contributed by atoms with Gasteiger partial charge >= 0.3 is 5.97 Å². The summed E-state index contributed by atoms with van der Waals surface area (Å²) in [4.78, 5) is 15.6. The van der Waals surface area contributed by atoms with E-state index in [0.29, 0.717) is 6.04 Å². The van der Waals surface area contributed by atoms with Crippen LogP contribution in [0.3, 0.4) is 0 Å². The van der Waals surface area contributed by atoms with Gasteiger partial charge < -0.3 is 5.11 Å². The van der Waals surface area contributed by atoms with Crippen LogP contribution in [0.2, 0.25) is 0 Å². The van der Waals surface area contributed by atoms with E-state index in [4.69, 9.17) is 5.11 Å². The summed E-state index contributed by atoms with van der Waals surface area (Å²) >= 11 is 3.47. The average Bonchev–Trinajstić information content (AvgIpc) is 2.50. The highest BCUT2D eigenvalue weighted by molar-refractivity contribution is 9.10. The first-order valence-electron chi connectivity index (χ1n) is 7.49. The maximum Gasteiger partial charge on any atom is 0.320 e. The smallest absolute Gasteiger partial charge is 0.320 e. The molecule has 1 aromatic carbocycles. The van der Waals surface area contributed by atoms with Crippen molar-refractivity contribution in [3.8, 4) is 0 Å². The van der Waals surface area contributed by atoms with Crippen LogP contribution in [0.25, 0.3) is 0 Å². The lowest BCUT2D eigenvalue weighted by atomic mass is 10.0. The minimum absolute atomic E-state index is 0.389. The topological polar surface area (TPSA) is 43.8 Å². The summed E-state index contributed by atoms with van der Waals surface area (Å²) in [5, 5.41) is 9.10. The first-order chi connectivity index (χ1) is 10.0. The Morgan fingerprint density at radius 2 is 1.71 bits per heavy atom. The molecule has 21 heavy (non-hydrogen) atoms. The lowest BCUT2D eigenvalue weighted by Gasteiger charge is -2.40. The van der Waals surface area contributed by atoms with Crippen molar-refractivity contribution in [1.82, 2.24) is 9.80 Å². The Morgan fingerprint density at radius 3 is 2.19 bits per heavy atom. The van der Waals surface area contributed by atoms with Gasteiger partial charge in [-0.25, -0.2) is 0 Å². The molecule has 1 saturated heterocycles. The lowest BCUT2D eigenvalue weighted by molar-refractivity contribution is -0.143. The number of aliphatic carboxylic acids is 1. The summed E-state index contributed by atoms with van der Waals surface area (Å²) in [7, 11) is 0. The predicted octanol–water partition coefficient (Wildman–Crippen LogP) is 2.99. The van der Waals surface area contributed by atoms with Crippen LogP contribution in [0.1, 0.15) is 31.9 Å². The first kappa shape index (κ1) is 16.5. The van der Waals surface area contributed by atoms with Gasteiger partial charge in [0, 0.05) is 36.7 Å². The van der Waals surface area contributed by atoms with Gasteiger partial charge in [0.15, 0.2) is 0 Å². The zero-order valence-electron chi connectivity index (χ0n) is 12.6. The number of halogens is 1. The molecule has 1 N–H and O–H groups in total. The molecule has 1 aromatic rings. The fourth-order valence-corrected chi connectivity index (χ4v) is 3.25. The van der Waals surface area contributed by atoms with Crippen LogP contribution in [0.4, 0.5) is 0 Å². The molecule has 116 valence electrons. The SMILES string of the molecule is CCC(c1ccc(Br)cc1)N1CCN(C(C)C(=O)O)CC1. The van der Waals surface area contributed by atoms with Crippen LogP contribution in [0, 0.1) is 0 Å². The standard InChI is InChI=1S/C16H23BrN2O2/c1-3-15(13-4-6-14(17)7-5-13)19-10-8-18(9-11-19)12(2)16(20)21/h4-7,12,15H,3,8-11H2,1-2H3,(H,20,21). The van der Waals surface area contributed by atoms with Crippen molar-refractivity contribution in [2.75, 3.05) is 26.2 Å². The number of nitrogens with zero attached hydrogens (tertiary/aromatic N) is 2. The molecule has 1 heterocycles. The summed E-state index contributed by atoms with van der Waals surface area (Å²) in [6.45, 7) is 7.46. The molecule has 5 heteroatoms. The minimum Gasteiger partial charge on any atom is -0.480 e. The van der Waals surface area contributed by atoms with Gasteiger partial charge in [-0.05, 0) is 31.0 Å². The Labute approximate surface area is 134 Å². The number of piperazine rings is 1. The van der Waals surface area contributed by atoms with Gasteiger partial charge in [-0.15, -0.1) is 0 Å². The molecule has 0 radical (unpaired) electrons. The molecule has 0 spiro atoms. The number of benzene rings is 1. The molecule has 0 saturated carbocycles. The van der Waals surface area contributed by atoms with Crippen molar-refractivity contribution in [2.24, 2.45) is 0 Å². The van der Waals surface area contributed by atoms with Gasteiger partial charge in [0.05, 0.1) is 0 Å². The number of carboxylic acids is 1. The Kier molecular flexibility index (Phi) is 5.79. The van der Waals surface area contributed by atoms with Crippen molar-refractivity contribution in [2.45, 2.75) is 32.4 Å². The quantitative estimate of drug-likeness (QED) is 0.882. The second kappa shape index (κ2) is 7.38. The van der Waals surface area contributed by atoms with E-state index in [-0.39, 0.29) is 6.04 Å². The van der Waals surface area contributed by atoms with E-state index in [2.05, 4.69) is 52.0 Å². The van der Waals surface area contributed by atoms with E-state index in [1.165, 1.54) is 5.56 Å². The molecular formula is C16H23BrN2O2. The van der Waals surface area contributed by atoms with Gasteiger partial charge in [0.25, 0.3) is 0 Å². The van der Waals surface area contributed by atoms with Crippen molar-refractivity contribution < 1.29 is 9.90 Å². The van der Waals surface area contributed by atoms with Gasteiger partial charge in [-0.1, -0.05) is 35.0 Å². The zero-order valence-corrected chi connectivity index (χ0v) is 14.2.